The summed E-state index contributed by atoms with van der Waals surface area (Å²) in [6, 6.07) is 20.4. The van der Waals surface area contributed by atoms with E-state index in [-0.39, 0.29) is 5.92 Å². The van der Waals surface area contributed by atoms with Gasteiger partial charge in [0.15, 0.2) is 0 Å². The van der Waals surface area contributed by atoms with Crippen LogP contribution in [0.25, 0.3) is 4.91 Å². The second-order valence-electron chi connectivity index (χ2n) is 5.34. The van der Waals surface area contributed by atoms with Crippen LogP contribution in [0.3, 0.4) is 0 Å². The van der Waals surface area contributed by atoms with Crippen LogP contribution in [0.5, 0.6) is 5.75 Å². The summed E-state index contributed by atoms with van der Waals surface area (Å²) >= 11 is 1.82. The van der Waals surface area contributed by atoms with Crippen molar-refractivity contribution in [2.45, 2.75) is 12.2 Å². The molecule has 0 aromatic heterocycles. The Bertz CT molecular complexity index is 716. The lowest BCUT2D eigenvalue weighted by atomic mass is 10.00. The molecule has 0 spiro atoms. The molecule has 1 heterocycles. The number of thioether (sulfide) groups is 1. The van der Waals surface area contributed by atoms with E-state index < -0.39 is 0 Å². The highest BCUT2D eigenvalue weighted by atomic mass is 32.2. The van der Waals surface area contributed by atoms with Crippen molar-refractivity contribution >= 4 is 16.7 Å². The lowest BCUT2D eigenvalue weighted by Crippen LogP contribution is -2.13. The highest BCUT2D eigenvalue weighted by Crippen LogP contribution is 2.48. The molecule has 116 valence electrons. The minimum absolute atomic E-state index is 0.206. The van der Waals surface area contributed by atoms with Gasteiger partial charge in [0.1, 0.15) is 11.5 Å². The first-order chi connectivity index (χ1) is 11.3. The maximum Gasteiger partial charge on any atom is 0.127 e. The zero-order valence-electron chi connectivity index (χ0n) is 13.2. The average Bonchev–Trinajstić information content (AvgIpc) is 2.95. The highest BCUT2D eigenvalue weighted by Gasteiger charge is 2.34. The van der Waals surface area contributed by atoms with E-state index in [4.69, 9.17) is 4.74 Å². The molecule has 2 atom stereocenters. The van der Waals surface area contributed by atoms with Gasteiger partial charge in [-0.2, -0.15) is 0 Å². The van der Waals surface area contributed by atoms with Crippen LogP contribution < -0.4 is 4.74 Å². The number of ether oxygens (including phenoxy) is 1. The summed E-state index contributed by atoms with van der Waals surface area (Å²) in [4.78, 5) is 1.20. The third-order valence-electron chi connectivity index (χ3n) is 3.77. The molecule has 2 heteroatoms. The second kappa shape index (κ2) is 7.38. The quantitative estimate of drug-likeness (QED) is 0.632. The maximum atomic E-state index is 6.30. The molecular formula is C21H20OS. The summed E-state index contributed by atoms with van der Waals surface area (Å²) in [7, 11) is 0. The summed E-state index contributed by atoms with van der Waals surface area (Å²) in [6.07, 6.45) is 6.30. The Morgan fingerprint density at radius 2 is 1.65 bits per heavy atom. The van der Waals surface area contributed by atoms with E-state index in [1.807, 2.05) is 61.2 Å². The normalized spacial score (nSPS) is 20.9. The predicted molar refractivity (Wildman–Crippen MR) is 100 cm³/mol. The Hall–Kier alpha value is -2.19. The molecule has 2 unspecified atom stereocenters. The van der Waals surface area contributed by atoms with E-state index in [1.54, 1.807) is 0 Å². The number of hydrogen-bond donors (Lipinski definition) is 0. The van der Waals surface area contributed by atoms with E-state index in [0.29, 0.717) is 5.25 Å². The summed E-state index contributed by atoms with van der Waals surface area (Å²) < 4.78 is 6.30. The van der Waals surface area contributed by atoms with Crippen LogP contribution in [0.1, 0.15) is 12.5 Å². The minimum Gasteiger partial charge on any atom is -0.460 e. The van der Waals surface area contributed by atoms with Gasteiger partial charge >= 0.3 is 0 Å². The van der Waals surface area contributed by atoms with E-state index in [1.165, 1.54) is 10.5 Å². The monoisotopic (exact) mass is 320 g/mol. The van der Waals surface area contributed by atoms with Crippen molar-refractivity contribution < 1.29 is 4.74 Å². The molecule has 0 radical (unpaired) electrons. The lowest BCUT2D eigenvalue weighted by molar-refractivity contribution is 0.383. The van der Waals surface area contributed by atoms with Gasteiger partial charge in [0, 0.05) is 5.25 Å². The third-order valence-corrected chi connectivity index (χ3v) is 5.20. The van der Waals surface area contributed by atoms with Gasteiger partial charge in [-0.05, 0) is 24.6 Å². The Kier molecular flexibility index (Phi) is 5.04. The number of allylic oxidation sites excluding steroid dienone is 2. The van der Waals surface area contributed by atoms with Crippen LogP contribution in [0.2, 0.25) is 0 Å². The predicted octanol–water partition coefficient (Wildman–Crippen LogP) is 5.93. The molecule has 0 fully saturated rings. The summed E-state index contributed by atoms with van der Waals surface area (Å²) in [5.41, 5.74) is 1.20. The minimum atomic E-state index is 0.206. The van der Waals surface area contributed by atoms with Crippen LogP contribution in [0.4, 0.5) is 0 Å². The van der Waals surface area contributed by atoms with Gasteiger partial charge in [-0.25, -0.2) is 0 Å². The van der Waals surface area contributed by atoms with Crippen molar-refractivity contribution in [1.29, 1.82) is 0 Å². The number of benzene rings is 2. The molecule has 1 nitrogen and oxygen atoms in total. The summed E-state index contributed by atoms with van der Waals surface area (Å²) in [6.45, 7) is 6.05. The van der Waals surface area contributed by atoms with Crippen LogP contribution in [0.15, 0.2) is 91.2 Å². The molecule has 1 aliphatic rings. The van der Waals surface area contributed by atoms with Gasteiger partial charge < -0.3 is 4.74 Å². The SMILES string of the molecule is C=CC1SC(c2ccccc2)=C(Oc2ccccc2)C1/C=C\C. The molecule has 23 heavy (non-hydrogen) atoms. The van der Waals surface area contributed by atoms with Crippen LogP contribution in [-0.4, -0.2) is 5.25 Å². The van der Waals surface area contributed by atoms with E-state index in [2.05, 4.69) is 43.0 Å². The van der Waals surface area contributed by atoms with E-state index in [0.717, 1.165) is 11.5 Å². The van der Waals surface area contributed by atoms with Crippen molar-refractivity contribution in [3.05, 3.63) is 96.8 Å². The third kappa shape index (κ3) is 3.43. The first kappa shape index (κ1) is 15.7. The molecule has 2 aromatic carbocycles. The number of rotatable bonds is 5. The average molecular weight is 320 g/mol. The van der Waals surface area contributed by atoms with Crippen molar-refractivity contribution in [3.63, 3.8) is 0 Å². The first-order valence-corrected chi connectivity index (χ1v) is 8.66. The Morgan fingerprint density at radius 3 is 2.26 bits per heavy atom. The molecule has 0 bridgehead atoms. The number of hydrogen-bond acceptors (Lipinski definition) is 2. The largest absolute Gasteiger partial charge is 0.460 e. The van der Waals surface area contributed by atoms with Crippen molar-refractivity contribution in [3.8, 4) is 5.75 Å². The maximum absolute atomic E-state index is 6.30. The standard InChI is InChI=1S/C21H20OS/c1-3-11-18-19(4-2)23-21(16-12-7-5-8-13-16)20(18)22-17-14-9-6-10-15-17/h3-15,18-19H,2H2,1H3/b11-3-. The molecule has 0 aliphatic carbocycles. The van der Waals surface area contributed by atoms with E-state index in [9.17, 15) is 0 Å². The molecule has 0 saturated heterocycles. The molecular weight excluding hydrogens is 300 g/mol. The first-order valence-electron chi connectivity index (χ1n) is 7.78. The van der Waals surface area contributed by atoms with Crippen LogP contribution in [-0.2, 0) is 0 Å². The molecule has 0 saturated carbocycles. The molecule has 3 rings (SSSR count). The van der Waals surface area contributed by atoms with Crippen LogP contribution in [0, 0.1) is 5.92 Å². The zero-order valence-corrected chi connectivity index (χ0v) is 14.0. The fraction of sp³-hybridized carbons (Fsp3) is 0.143. The van der Waals surface area contributed by atoms with Crippen molar-refractivity contribution in [1.82, 2.24) is 0 Å². The Balaban J connectivity index is 2.05. The molecule has 0 amide bonds. The van der Waals surface area contributed by atoms with Crippen LogP contribution >= 0.6 is 11.8 Å². The molecule has 1 aliphatic heterocycles. The Labute approximate surface area is 142 Å². The zero-order chi connectivity index (χ0) is 16.1. The van der Waals surface area contributed by atoms with E-state index >= 15 is 0 Å². The fourth-order valence-corrected chi connectivity index (χ4v) is 3.99. The lowest BCUT2D eigenvalue weighted by Gasteiger charge is -2.16. The summed E-state index contributed by atoms with van der Waals surface area (Å²) in [5, 5.41) is 0.292. The second-order valence-corrected chi connectivity index (χ2v) is 6.53. The van der Waals surface area contributed by atoms with Crippen molar-refractivity contribution in [2.24, 2.45) is 5.92 Å². The Morgan fingerprint density at radius 1 is 1.00 bits per heavy atom. The highest BCUT2D eigenvalue weighted by molar-refractivity contribution is 8.09. The van der Waals surface area contributed by atoms with Crippen molar-refractivity contribution in [2.75, 3.05) is 0 Å². The molecule has 0 N–H and O–H groups in total. The van der Waals surface area contributed by atoms with Gasteiger partial charge in [-0.15, -0.1) is 18.3 Å². The van der Waals surface area contributed by atoms with Gasteiger partial charge in [0.2, 0.25) is 0 Å². The van der Waals surface area contributed by atoms with Gasteiger partial charge in [0.05, 0.1) is 10.8 Å². The fourth-order valence-electron chi connectivity index (χ4n) is 2.70. The number of para-hydroxylation sites is 1. The van der Waals surface area contributed by atoms with Gasteiger partial charge in [-0.3, -0.25) is 0 Å². The van der Waals surface area contributed by atoms with Gasteiger partial charge in [0.25, 0.3) is 0 Å². The molecule has 2 aromatic rings. The van der Waals surface area contributed by atoms with Gasteiger partial charge in [-0.1, -0.05) is 66.8 Å². The topological polar surface area (TPSA) is 9.23 Å². The smallest absolute Gasteiger partial charge is 0.127 e. The summed E-state index contributed by atoms with van der Waals surface area (Å²) in [5.74, 6) is 2.09.